The van der Waals surface area contributed by atoms with Crippen molar-refractivity contribution in [3.8, 4) is 0 Å². The second-order valence-corrected chi connectivity index (χ2v) is 8.09. The number of carbonyl (C=O) groups excluding carboxylic acids is 2. The molecule has 1 aromatic carbocycles. The fourth-order valence-corrected chi connectivity index (χ4v) is 3.66. The van der Waals surface area contributed by atoms with Gasteiger partial charge in [-0.2, -0.15) is 0 Å². The normalized spacial score (nSPS) is 18.7. The number of sulfonamides is 1. The third-order valence-corrected chi connectivity index (χ3v) is 5.99. The zero-order valence-electron chi connectivity index (χ0n) is 12.9. The molecule has 0 bridgehead atoms. The van der Waals surface area contributed by atoms with E-state index in [9.17, 15) is 18.0 Å². The minimum absolute atomic E-state index is 0.235. The average Bonchev–Trinajstić information content (AvgIpc) is 2.85. The molecule has 1 atom stereocenters. The highest BCUT2D eigenvalue weighted by Gasteiger charge is 2.49. The molecule has 0 saturated carbocycles. The molecule has 1 saturated heterocycles. The van der Waals surface area contributed by atoms with Crippen molar-refractivity contribution in [2.45, 2.75) is 25.1 Å². The van der Waals surface area contributed by atoms with E-state index in [0.717, 1.165) is 4.90 Å². The van der Waals surface area contributed by atoms with E-state index >= 15 is 0 Å². The van der Waals surface area contributed by atoms with Crippen LogP contribution in [0.1, 0.15) is 13.8 Å². The van der Waals surface area contributed by atoms with Gasteiger partial charge < -0.3 is 4.74 Å². The van der Waals surface area contributed by atoms with Gasteiger partial charge in [0, 0.05) is 0 Å². The van der Waals surface area contributed by atoms with Gasteiger partial charge in [-0.1, -0.05) is 23.7 Å². The van der Waals surface area contributed by atoms with Crippen molar-refractivity contribution in [2.24, 2.45) is 0 Å². The Morgan fingerprint density at radius 1 is 1.35 bits per heavy atom. The number of halogens is 1. The molecule has 126 valence electrons. The van der Waals surface area contributed by atoms with Crippen LogP contribution in [0.3, 0.4) is 0 Å². The fraction of sp³-hybridized carbons (Fsp3) is 0.429. The summed E-state index contributed by atoms with van der Waals surface area (Å²) >= 11 is 6.09. The predicted octanol–water partition coefficient (Wildman–Crippen LogP) is 1.86. The first-order chi connectivity index (χ1) is 10.7. The average molecular weight is 361 g/mol. The number of methoxy groups -OCH3 is 1. The first-order valence-corrected chi connectivity index (χ1v) is 8.77. The molecular weight excluding hydrogens is 344 g/mol. The van der Waals surface area contributed by atoms with Gasteiger partial charge in [-0.05, 0) is 26.0 Å². The third kappa shape index (κ3) is 3.00. The molecule has 0 aromatic heterocycles. The van der Waals surface area contributed by atoms with Gasteiger partial charge in [0.2, 0.25) is 10.0 Å². The largest absolute Gasteiger partial charge is 0.467 e. The molecule has 0 radical (unpaired) electrons. The lowest BCUT2D eigenvalue weighted by molar-refractivity contribution is -0.141. The smallest absolute Gasteiger partial charge is 0.339 e. The van der Waals surface area contributed by atoms with Crippen LogP contribution in [0.5, 0.6) is 0 Å². The predicted molar refractivity (Wildman–Crippen MR) is 85.9 cm³/mol. The molecule has 23 heavy (non-hydrogen) atoms. The van der Waals surface area contributed by atoms with Crippen molar-refractivity contribution in [3.05, 3.63) is 29.3 Å². The van der Waals surface area contributed by atoms with E-state index in [1.54, 1.807) is 24.3 Å². The maximum Gasteiger partial charge on any atom is 0.339 e. The SMILES string of the molecule is COC(=O)C1CN(S(=O)(=O)C(C)C)C(=O)N1c1ccccc1Cl. The van der Waals surface area contributed by atoms with Gasteiger partial charge in [-0.15, -0.1) is 0 Å². The van der Waals surface area contributed by atoms with Gasteiger partial charge in [0.05, 0.1) is 29.6 Å². The van der Waals surface area contributed by atoms with Crippen LogP contribution in [-0.4, -0.2) is 49.7 Å². The highest BCUT2D eigenvalue weighted by atomic mass is 35.5. The molecular formula is C14H17ClN2O5S. The molecule has 2 amide bonds. The summed E-state index contributed by atoms with van der Waals surface area (Å²) in [5.74, 6) is -0.709. The summed E-state index contributed by atoms with van der Waals surface area (Å²) in [4.78, 5) is 25.7. The summed E-state index contributed by atoms with van der Waals surface area (Å²) in [6, 6.07) is 4.51. The lowest BCUT2D eigenvalue weighted by atomic mass is 10.2. The van der Waals surface area contributed by atoms with Crippen molar-refractivity contribution in [1.82, 2.24) is 4.31 Å². The number of carbonyl (C=O) groups is 2. The molecule has 2 rings (SSSR count). The number of hydrogen-bond donors (Lipinski definition) is 0. The number of urea groups is 1. The number of esters is 1. The Kier molecular flexibility index (Phi) is 4.86. The van der Waals surface area contributed by atoms with Gasteiger partial charge in [0.1, 0.15) is 0 Å². The number of amides is 2. The Balaban J connectivity index is 2.53. The Morgan fingerprint density at radius 2 is 1.96 bits per heavy atom. The van der Waals surface area contributed by atoms with E-state index in [1.165, 1.54) is 21.0 Å². The molecule has 0 N–H and O–H groups in total. The molecule has 1 unspecified atom stereocenters. The zero-order chi connectivity index (χ0) is 17.4. The second kappa shape index (κ2) is 6.37. The monoisotopic (exact) mass is 360 g/mol. The molecule has 1 aromatic rings. The van der Waals surface area contributed by atoms with Crippen LogP contribution in [-0.2, 0) is 19.6 Å². The molecule has 0 spiro atoms. The van der Waals surface area contributed by atoms with Crippen LogP contribution in [0.4, 0.5) is 10.5 Å². The Hall–Kier alpha value is -1.80. The summed E-state index contributed by atoms with van der Waals surface area (Å²) in [6.45, 7) is 2.62. The summed E-state index contributed by atoms with van der Waals surface area (Å²) < 4.78 is 30.1. The standard InChI is InChI=1S/C14H17ClN2O5S/c1-9(2)23(20,21)16-8-12(13(18)22-3)17(14(16)19)11-7-5-4-6-10(11)15/h4-7,9,12H,8H2,1-3H3. The zero-order valence-corrected chi connectivity index (χ0v) is 14.5. The van der Waals surface area contributed by atoms with E-state index in [1.807, 2.05) is 0 Å². The maximum absolute atomic E-state index is 12.6. The number of ether oxygens (including phenoxy) is 1. The quantitative estimate of drug-likeness (QED) is 0.765. The summed E-state index contributed by atoms with van der Waals surface area (Å²) in [6.07, 6.45) is 0. The van der Waals surface area contributed by atoms with Gasteiger partial charge >= 0.3 is 12.0 Å². The second-order valence-electron chi connectivity index (χ2n) is 5.27. The number of para-hydroxylation sites is 1. The van der Waals surface area contributed by atoms with Crippen molar-refractivity contribution in [1.29, 1.82) is 0 Å². The first-order valence-electron chi connectivity index (χ1n) is 6.89. The van der Waals surface area contributed by atoms with Gasteiger partial charge in [0.15, 0.2) is 6.04 Å². The van der Waals surface area contributed by atoms with Crippen LogP contribution in [0.25, 0.3) is 0 Å². The van der Waals surface area contributed by atoms with E-state index in [4.69, 9.17) is 16.3 Å². The number of hydrogen-bond acceptors (Lipinski definition) is 5. The van der Waals surface area contributed by atoms with E-state index in [-0.39, 0.29) is 17.3 Å². The lowest BCUT2D eigenvalue weighted by Crippen LogP contribution is -2.41. The van der Waals surface area contributed by atoms with Gasteiger partial charge in [-0.25, -0.2) is 22.3 Å². The maximum atomic E-state index is 12.6. The van der Waals surface area contributed by atoms with Gasteiger partial charge in [0.25, 0.3) is 0 Å². The van der Waals surface area contributed by atoms with E-state index in [2.05, 4.69) is 0 Å². The van der Waals surface area contributed by atoms with Crippen LogP contribution in [0, 0.1) is 0 Å². The summed E-state index contributed by atoms with van der Waals surface area (Å²) in [5, 5.41) is -0.561. The van der Waals surface area contributed by atoms with E-state index in [0.29, 0.717) is 4.31 Å². The van der Waals surface area contributed by atoms with Gasteiger partial charge in [-0.3, -0.25) is 4.90 Å². The van der Waals surface area contributed by atoms with Crippen molar-refractivity contribution >= 4 is 39.3 Å². The molecule has 9 heteroatoms. The lowest BCUT2D eigenvalue weighted by Gasteiger charge is -2.22. The van der Waals surface area contributed by atoms with Crippen molar-refractivity contribution < 1.29 is 22.7 Å². The number of anilines is 1. The molecule has 0 aliphatic carbocycles. The Labute approximate surface area is 139 Å². The van der Waals surface area contributed by atoms with Crippen molar-refractivity contribution in [2.75, 3.05) is 18.6 Å². The van der Waals surface area contributed by atoms with Crippen LogP contribution >= 0.6 is 11.6 Å². The Bertz CT molecular complexity index is 734. The van der Waals surface area contributed by atoms with Crippen LogP contribution in [0.15, 0.2) is 24.3 Å². The molecule has 1 heterocycles. The highest BCUT2D eigenvalue weighted by molar-refractivity contribution is 7.90. The Morgan fingerprint density at radius 3 is 2.48 bits per heavy atom. The summed E-state index contributed by atoms with van der Waals surface area (Å²) in [7, 11) is -2.69. The number of benzene rings is 1. The topological polar surface area (TPSA) is 84.0 Å². The fourth-order valence-electron chi connectivity index (χ4n) is 2.27. The van der Waals surface area contributed by atoms with Crippen molar-refractivity contribution in [3.63, 3.8) is 0 Å². The molecule has 7 nitrogen and oxygen atoms in total. The van der Waals surface area contributed by atoms with Crippen LogP contribution in [0.2, 0.25) is 5.02 Å². The minimum Gasteiger partial charge on any atom is -0.467 e. The molecule has 1 fully saturated rings. The summed E-state index contributed by atoms with van der Waals surface area (Å²) in [5.41, 5.74) is 0.260. The number of nitrogens with zero attached hydrogens (tertiary/aromatic N) is 2. The third-order valence-electron chi connectivity index (χ3n) is 3.56. The first kappa shape index (κ1) is 17.6. The molecule has 1 aliphatic rings. The highest BCUT2D eigenvalue weighted by Crippen LogP contribution is 2.33. The molecule has 1 aliphatic heterocycles. The van der Waals surface area contributed by atoms with Crippen LogP contribution < -0.4 is 4.90 Å². The van der Waals surface area contributed by atoms with E-state index < -0.39 is 33.3 Å². The number of rotatable bonds is 4. The minimum atomic E-state index is -3.86.